The standard InChI is InChI=1S/C16H28BrN3/c1-5-7-9-10-11-13-19-16(17)20-15(18-4)14(3)12-8-6-2/h5-10,12,15-16,18-20H,11,13H2,1-4H3/b7-5-,8-6-,10-9-,14-12+. The largest absolute Gasteiger partial charge is 0.301 e. The number of alkyl halides is 1. The van der Waals surface area contributed by atoms with Crippen LogP contribution >= 0.6 is 15.9 Å². The highest BCUT2D eigenvalue weighted by molar-refractivity contribution is 9.09. The monoisotopic (exact) mass is 341 g/mol. The summed E-state index contributed by atoms with van der Waals surface area (Å²) in [6.07, 6.45) is 15.6. The van der Waals surface area contributed by atoms with E-state index in [0.717, 1.165) is 13.0 Å². The van der Waals surface area contributed by atoms with Crippen LogP contribution in [0.5, 0.6) is 0 Å². The summed E-state index contributed by atoms with van der Waals surface area (Å²) in [5.41, 5.74) is 1.24. The molecule has 2 unspecified atom stereocenters. The van der Waals surface area contributed by atoms with Crippen LogP contribution in [-0.2, 0) is 0 Å². The van der Waals surface area contributed by atoms with Gasteiger partial charge in [-0.25, -0.2) is 0 Å². The summed E-state index contributed by atoms with van der Waals surface area (Å²) in [5.74, 6) is 0. The van der Waals surface area contributed by atoms with Gasteiger partial charge in [-0.3, -0.25) is 10.6 Å². The van der Waals surface area contributed by atoms with Gasteiger partial charge in [-0.15, -0.1) is 0 Å². The molecular formula is C16H28BrN3. The van der Waals surface area contributed by atoms with E-state index in [1.54, 1.807) is 0 Å². The summed E-state index contributed by atoms with van der Waals surface area (Å²) in [6.45, 7) is 7.06. The topological polar surface area (TPSA) is 36.1 Å². The van der Waals surface area contributed by atoms with Crippen LogP contribution in [0.2, 0.25) is 0 Å². The van der Waals surface area contributed by atoms with Gasteiger partial charge in [-0.2, -0.15) is 0 Å². The molecule has 0 saturated heterocycles. The van der Waals surface area contributed by atoms with Crippen LogP contribution in [0.3, 0.4) is 0 Å². The second kappa shape index (κ2) is 13.3. The Labute approximate surface area is 132 Å². The summed E-state index contributed by atoms with van der Waals surface area (Å²) >= 11 is 3.59. The zero-order valence-corrected chi connectivity index (χ0v) is 14.6. The van der Waals surface area contributed by atoms with Gasteiger partial charge >= 0.3 is 0 Å². The average molecular weight is 342 g/mol. The average Bonchev–Trinajstić information content (AvgIpc) is 2.45. The number of halogens is 1. The first-order valence-electron chi connectivity index (χ1n) is 7.03. The summed E-state index contributed by atoms with van der Waals surface area (Å²) < 4.78 is 0. The molecule has 0 aliphatic rings. The fourth-order valence-electron chi connectivity index (χ4n) is 1.57. The van der Waals surface area contributed by atoms with E-state index in [-0.39, 0.29) is 11.2 Å². The predicted molar refractivity (Wildman–Crippen MR) is 93.8 cm³/mol. The minimum absolute atomic E-state index is 0.0732. The first-order valence-corrected chi connectivity index (χ1v) is 7.95. The van der Waals surface area contributed by atoms with Gasteiger partial charge in [-0.05, 0) is 39.8 Å². The molecule has 0 aromatic heterocycles. The van der Waals surface area contributed by atoms with E-state index < -0.39 is 0 Å². The lowest BCUT2D eigenvalue weighted by Gasteiger charge is -2.23. The van der Waals surface area contributed by atoms with Crippen LogP contribution in [0.15, 0.2) is 48.1 Å². The lowest BCUT2D eigenvalue weighted by Crippen LogP contribution is -2.49. The summed E-state index contributed by atoms with van der Waals surface area (Å²) in [6, 6.07) is 0. The molecule has 0 heterocycles. The van der Waals surface area contributed by atoms with Crippen molar-refractivity contribution in [3.05, 3.63) is 48.1 Å². The molecule has 3 N–H and O–H groups in total. The molecule has 0 fully saturated rings. The van der Waals surface area contributed by atoms with Crippen molar-refractivity contribution in [2.45, 2.75) is 38.4 Å². The molecule has 0 aliphatic heterocycles. The highest BCUT2D eigenvalue weighted by Gasteiger charge is 2.11. The molecule has 4 heteroatoms. The molecule has 0 spiro atoms. The van der Waals surface area contributed by atoms with Crippen LogP contribution in [0, 0.1) is 0 Å². The van der Waals surface area contributed by atoms with Crippen LogP contribution < -0.4 is 16.0 Å². The van der Waals surface area contributed by atoms with Crippen molar-refractivity contribution < 1.29 is 0 Å². The number of likely N-dealkylation sites (N-methyl/N-ethyl adjacent to an activating group) is 1. The van der Waals surface area contributed by atoms with Crippen LogP contribution in [-0.4, -0.2) is 24.8 Å². The first kappa shape index (κ1) is 19.3. The lowest BCUT2D eigenvalue weighted by atomic mass is 10.2. The van der Waals surface area contributed by atoms with Crippen molar-refractivity contribution >= 4 is 15.9 Å². The number of hydrogen-bond acceptors (Lipinski definition) is 3. The molecule has 0 aromatic carbocycles. The maximum atomic E-state index is 3.59. The molecule has 0 amide bonds. The van der Waals surface area contributed by atoms with Gasteiger partial charge in [-0.1, -0.05) is 58.5 Å². The molecule has 2 atom stereocenters. The Hall–Kier alpha value is -0.680. The SMILES string of the molecule is C/C=C\C=C/CCNC(Br)NC(NC)/C(C)=C/C=C\C. The summed E-state index contributed by atoms with van der Waals surface area (Å²) in [4.78, 5) is 0. The maximum absolute atomic E-state index is 3.59. The minimum Gasteiger partial charge on any atom is -0.301 e. The van der Waals surface area contributed by atoms with Gasteiger partial charge in [0.15, 0.2) is 0 Å². The Kier molecular flexibility index (Phi) is 12.9. The summed E-state index contributed by atoms with van der Waals surface area (Å²) in [7, 11) is 1.95. The van der Waals surface area contributed by atoms with E-state index in [1.807, 2.05) is 45.2 Å². The third-order valence-corrected chi connectivity index (χ3v) is 3.27. The van der Waals surface area contributed by atoms with E-state index >= 15 is 0 Å². The molecule has 0 aliphatic carbocycles. The van der Waals surface area contributed by atoms with Crippen molar-refractivity contribution in [3.63, 3.8) is 0 Å². The number of nitrogens with one attached hydrogen (secondary N) is 3. The fourth-order valence-corrected chi connectivity index (χ4v) is 2.06. The fraction of sp³-hybridized carbons (Fsp3) is 0.500. The molecule has 20 heavy (non-hydrogen) atoms. The Bertz CT molecular complexity index is 346. The molecule has 0 rings (SSSR count). The normalized spacial score (nSPS) is 16.6. The zero-order valence-electron chi connectivity index (χ0n) is 13.0. The lowest BCUT2D eigenvalue weighted by molar-refractivity contribution is 0.457. The van der Waals surface area contributed by atoms with Gasteiger partial charge in [0.05, 0.1) is 6.17 Å². The second-order valence-electron chi connectivity index (χ2n) is 4.38. The van der Waals surface area contributed by atoms with Gasteiger partial charge in [0.2, 0.25) is 0 Å². The van der Waals surface area contributed by atoms with Crippen molar-refractivity contribution in [2.24, 2.45) is 0 Å². The highest BCUT2D eigenvalue weighted by atomic mass is 79.9. The summed E-state index contributed by atoms with van der Waals surface area (Å²) in [5, 5.41) is 10.1. The van der Waals surface area contributed by atoms with Crippen molar-refractivity contribution in [1.29, 1.82) is 0 Å². The molecule has 0 aromatic rings. The molecule has 0 bridgehead atoms. The molecule has 3 nitrogen and oxygen atoms in total. The third-order valence-electron chi connectivity index (χ3n) is 2.68. The molecule has 0 saturated carbocycles. The number of allylic oxidation sites excluding steroid dienone is 6. The van der Waals surface area contributed by atoms with E-state index in [0.29, 0.717) is 0 Å². The quantitative estimate of drug-likeness (QED) is 0.187. The van der Waals surface area contributed by atoms with Gasteiger partial charge in [0, 0.05) is 6.54 Å². The van der Waals surface area contributed by atoms with Crippen molar-refractivity contribution in [3.8, 4) is 0 Å². The Balaban J connectivity index is 4.06. The van der Waals surface area contributed by atoms with Crippen molar-refractivity contribution in [2.75, 3.05) is 13.6 Å². The van der Waals surface area contributed by atoms with E-state index in [4.69, 9.17) is 0 Å². The van der Waals surface area contributed by atoms with Crippen LogP contribution in [0.4, 0.5) is 0 Å². The maximum Gasteiger partial charge on any atom is 0.116 e. The zero-order chi connectivity index (χ0) is 15.2. The molecule has 0 radical (unpaired) electrons. The minimum atomic E-state index is 0.0732. The van der Waals surface area contributed by atoms with E-state index in [1.165, 1.54) is 5.57 Å². The Morgan fingerprint density at radius 2 is 1.85 bits per heavy atom. The van der Waals surface area contributed by atoms with Crippen LogP contribution in [0.25, 0.3) is 0 Å². The Morgan fingerprint density at radius 3 is 2.45 bits per heavy atom. The smallest absolute Gasteiger partial charge is 0.116 e. The molecule has 114 valence electrons. The second-order valence-corrected chi connectivity index (χ2v) is 5.30. The Morgan fingerprint density at radius 1 is 1.15 bits per heavy atom. The number of rotatable bonds is 10. The van der Waals surface area contributed by atoms with E-state index in [9.17, 15) is 0 Å². The van der Waals surface area contributed by atoms with Crippen molar-refractivity contribution in [1.82, 2.24) is 16.0 Å². The predicted octanol–water partition coefficient (Wildman–Crippen LogP) is 3.43. The third kappa shape index (κ3) is 10.1. The van der Waals surface area contributed by atoms with E-state index in [2.05, 4.69) is 57.0 Å². The first-order chi connectivity index (χ1) is 9.65. The van der Waals surface area contributed by atoms with Gasteiger partial charge in [0.25, 0.3) is 0 Å². The molecular weight excluding hydrogens is 314 g/mol. The van der Waals surface area contributed by atoms with Crippen LogP contribution in [0.1, 0.15) is 27.2 Å². The number of hydrogen-bond donors (Lipinski definition) is 3. The highest BCUT2D eigenvalue weighted by Crippen LogP contribution is 2.02. The van der Waals surface area contributed by atoms with Gasteiger partial charge in [0.1, 0.15) is 5.08 Å². The van der Waals surface area contributed by atoms with Gasteiger partial charge < -0.3 is 5.32 Å².